The fraction of sp³-hybridized carbons (Fsp3) is 0.918. The smallest absolute Gasteiger partial charge is 0.308 e. The lowest BCUT2D eigenvalue weighted by molar-refractivity contribution is -0.362. The average molecular weight is 1090 g/mol. The third-order valence-electron chi connectivity index (χ3n) is 17.8. The summed E-state index contributed by atoms with van der Waals surface area (Å²) in [4.78, 5) is 24.8. The number of esters is 1. The Kier molecular flexibility index (Phi) is 19.7. The van der Waals surface area contributed by atoms with Gasteiger partial charge in [-0.1, -0.05) is 39.3 Å². The number of carbonyl (C=O) groups is 2. The normalized spacial score (nSPS) is 42.9. The highest BCUT2D eigenvalue weighted by atomic mass is 32.2. The zero-order chi connectivity index (χ0) is 51.9. The van der Waals surface area contributed by atoms with E-state index in [1.165, 1.54) is 14.2 Å². The van der Waals surface area contributed by atoms with E-state index in [1.54, 1.807) is 13.8 Å². The molecule has 1 saturated heterocycles. The first kappa shape index (κ1) is 59.2. The van der Waals surface area contributed by atoms with Crippen molar-refractivity contribution in [2.45, 2.75) is 204 Å². The van der Waals surface area contributed by atoms with Crippen LogP contribution in [0.1, 0.15) is 112 Å². The van der Waals surface area contributed by atoms with Gasteiger partial charge in [0.15, 0.2) is 12.4 Å². The summed E-state index contributed by atoms with van der Waals surface area (Å²) in [7, 11) is 2.89. The molecule has 0 aromatic rings. The first-order valence-electron chi connectivity index (χ1n) is 25.0. The number of methoxy groups -OCH3 is 2. The number of ether oxygens (including phenoxy) is 8. The Bertz CT molecular complexity index is 1810. The SMILES string of the molecule is COC(CO)[C@@H](O)CCC(C)C(C)OC(OC1CCC2(S)C3CC=C4C5CC(S)(S)C(OC=O)[C@H](O)C5(COC(=O)C(C)C)C[C@H](O)[C@@]4(C)C3(S)CCC2[C@]1(C)S)[C@H](OC)OC1OC(CO)CC[C@@H]1O. The average Bonchev–Trinajstić information content (AvgIpc) is 3.30. The molecule has 0 amide bonds. The molecule has 0 aromatic carbocycles. The van der Waals surface area contributed by atoms with Gasteiger partial charge in [0.25, 0.3) is 6.47 Å². The first-order chi connectivity index (χ1) is 32.8. The third kappa shape index (κ3) is 10.9. The second-order valence-corrected chi connectivity index (χ2v) is 26.5. The monoisotopic (exact) mass is 1090 g/mol. The Labute approximate surface area is 441 Å². The van der Waals surface area contributed by atoms with Crippen molar-refractivity contribution < 1.29 is 78.1 Å². The summed E-state index contributed by atoms with van der Waals surface area (Å²) >= 11 is 26.6. The van der Waals surface area contributed by atoms with Crippen molar-refractivity contribution in [2.75, 3.05) is 34.0 Å². The summed E-state index contributed by atoms with van der Waals surface area (Å²) in [6, 6.07) is 0. The molecular formula is C49H82O16S5. The molecule has 0 radical (unpaired) electrons. The number of thiol groups is 5. The molecule has 21 heteroatoms. The molecule has 6 aliphatic rings. The Balaban J connectivity index is 1.29. The maximum absolute atomic E-state index is 13.0. The van der Waals surface area contributed by atoms with Gasteiger partial charge in [0, 0.05) is 39.3 Å². The maximum atomic E-state index is 13.0. The number of aliphatic hydroxyl groups excluding tert-OH is 6. The Hall–Kier alpha value is -0.0500. The lowest BCUT2D eigenvalue weighted by Crippen LogP contribution is -2.74. The molecule has 6 rings (SSSR count). The van der Waals surface area contributed by atoms with Crippen LogP contribution in [0.3, 0.4) is 0 Å². The highest BCUT2D eigenvalue weighted by Gasteiger charge is 2.74. The van der Waals surface area contributed by atoms with Crippen LogP contribution >= 0.6 is 63.1 Å². The summed E-state index contributed by atoms with van der Waals surface area (Å²) < 4.78 is 44.9. The van der Waals surface area contributed by atoms with Crippen LogP contribution in [0, 0.1) is 40.4 Å². The minimum atomic E-state index is -1.39. The van der Waals surface area contributed by atoms with Crippen LogP contribution in [-0.2, 0) is 47.5 Å². The second kappa shape index (κ2) is 23.3. The molecule has 1 heterocycles. The molecule has 0 aromatic heterocycles. The van der Waals surface area contributed by atoms with Crippen LogP contribution in [0.5, 0.6) is 0 Å². The van der Waals surface area contributed by atoms with E-state index in [2.05, 4.69) is 13.0 Å². The molecule has 0 spiro atoms. The lowest BCUT2D eigenvalue weighted by Gasteiger charge is -2.71. The molecule has 1 aliphatic heterocycles. The van der Waals surface area contributed by atoms with Crippen molar-refractivity contribution in [3.8, 4) is 0 Å². The molecule has 70 heavy (non-hydrogen) atoms. The summed E-state index contributed by atoms with van der Waals surface area (Å²) in [6.45, 7) is 10.9. The predicted octanol–water partition coefficient (Wildman–Crippen LogP) is 4.35. The molecule has 21 atom stereocenters. The van der Waals surface area contributed by atoms with Gasteiger partial charge in [-0.2, -0.15) is 63.1 Å². The van der Waals surface area contributed by atoms with Crippen molar-refractivity contribution in [3.05, 3.63) is 11.6 Å². The van der Waals surface area contributed by atoms with E-state index in [9.17, 15) is 40.2 Å². The van der Waals surface area contributed by atoms with Gasteiger partial charge in [0.1, 0.15) is 24.9 Å². The van der Waals surface area contributed by atoms with Gasteiger partial charge < -0.3 is 68.5 Å². The third-order valence-corrected chi connectivity index (χ3v) is 21.1. The van der Waals surface area contributed by atoms with Crippen LogP contribution in [0.15, 0.2) is 11.6 Å². The summed E-state index contributed by atoms with van der Waals surface area (Å²) in [5.74, 6) is -1.84. The van der Waals surface area contributed by atoms with Crippen molar-refractivity contribution in [2.24, 2.45) is 40.4 Å². The molecule has 14 unspecified atom stereocenters. The van der Waals surface area contributed by atoms with Gasteiger partial charge in [0.05, 0.1) is 53.7 Å². The second-order valence-electron chi connectivity index (χ2n) is 22.0. The maximum Gasteiger partial charge on any atom is 0.308 e. The quantitative estimate of drug-likeness (QED) is 0.0253. The Morgan fingerprint density at radius 3 is 2.21 bits per heavy atom. The topological polar surface area (TPSA) is 229 Å². The first-order valence-corrected chi connectivity index (χ1v) is 27.2. The Morgan fingerprint density at radius 1 is 0.900 bits per heavy atom. The van der Waals surface area contributed by atoms with Crippen molar-refractivity contribution in [3.63, 3.8) is 0 Å². The predicted molar refractivity (Wildman–Crippen MR) is 276 cm³/mol. The van der Waals surface area contributed by atoms with Gasteiger partial charge in [-0.25, -0.2) is 0 Å². The standard InChI is InChI=1S/C49H82O16S5/c1-25(2)40(57)60-23-46-20-36(55)44(5)29(30(46)19-49(69,70)39(38(46)56)61-24-52)11-14-35-47(67)17-16-37(45(6,66)34(47)15-18-48(35,44)68)64-43(42(59-8)65-41-32(54)13-10-28(21-50)63-41)62-27(4)26(3)9-12-31(53)33(22-51)58-7/h11,24-28,30-39,41-43,50-51,53-56,66-70H,9-10,12-23H2,1-8H3/t26?,27?,28?,30?,31-,32-,33?,34?,35?,36-,37?,38-,39?,41?,42+,43?,44-,45-,46?,47?,48?/m0/s1. The van der Waals surface area contributed by atoms with Crippen molar-refractivity contribution in [1.29, 1.82) is 0 Å². The van der Waals surface area contributed by atoms with Gasteiger partial charge in [-0.3, -0.25) is 9.59 Å². The number of hydrogen-bond donors (Lipinski definition) is 11. The molecule has 6 N–H and O–H groups in total. The van der Waals surface area contributed by atoms with Crippen LogP contribution < -0.4 is 0 Å². The highest BCUT2D eigenvalue weighted by Crippen LogP contribution is 2.73. The zero-order valence-electron chi connectivity index (χ0n) is 41.9. The molecule has 404 valence electrons. The summed E-state index contributed by atoms with van der Waals surface area (Å²) in [5, 5.41) is 66.2. The number of rotatable bonds is 21. The van der Waals surface area contributed by atoms with E-state index in [-0.39, 0.29) is 56.9 Å². The highest BCUT2D eigenvalue weighted by molar-refractivity contribution is 8.00. The van der Waals surface area contributed by atoms with Gasteiger partial charge in [-0.15, -0.1) is 0 Å². The number of allylic oxidation sites excluding steroid dienone is 1. The molecule has 4 saturated carbocycles. The van der Waals surface area contributed by atoms with E-state index in [0.29, 0.717) is 57.8 Å². The minimum absolute atomic E-state index is 0.0221. The number of carbonyl (C=O) groups excluding carboxylic acids is 2. The van der Waals surface area contributed by atoms with Gasteiger partial charge in [0.2, 0.25) is 12.6 Å². The van der Waals surface area contributed by atoms with E-state index in [4.69, 9.17) is 101 Å². The van der Waals surface area contributed by atoms with Crippen LogP contribution in [0.4, 0.5) is 0 Å². The van der Waals surface area contributed by atoms with E-state index in [0.717, 1.165) is 5.57 Å². The molecule has 16 nitrogen and oxygen atoms in total. The van der Waals surface area contributed by atoms with E-state index < -0.39 is 121 Å². The fourth-order valence-electron chi connectivity index (χ4n) is 13.2. The zero-order valence-corrected chi connectivity index (χ0v) is 46.3. The molecule has 5 fully saturated rings. The molecule has 5 aliphatic carbocycles. The summed E-state index contributed by atoms with van der Waals surface area (Å²) in [5.41, 5.74) is -1.32. The lowest BCUT2D eigenvalue weighted by atomic mass is 9.40. The van der Waals surface area contributed by atoms with Crippen LogP contribution in [-0.4, -0.2) is 169 Å². The number of hydrogen-bond acceptors (Lipinski definition) is 21. The van der Waals surface area contributed by atoms with E-state index >= 15 is 0 Å². The minimum Gasteiger partial charge on any atom is -0.465 e. The van der Waals surface area contributed by atoms with Crippen molar-refractivity contribution >= 4 is 75.6 Å². The molecule has 0 bridgehead atoms. The molecular weight excluding hydrogens is 1000 g/mol. The Morgan fingerprint density at radius 2 is 1.60 bits per heavy atom. The van der Waals surface area contributed by atoms with Crippen LogP contribution in [0.25, 0.3) is 0 Å². The van der Waals surface area contributed by atoms with Gasteiger partial charge >= 0.3 is 5.97 Å². The van der Waals surface area contributed by atoms with Crippen LogP contribution in [0.2, 0.25) is 0 Å². The number of aliphatic hydroxyl groups is 6. The number of fused-ring (bicyclic) bond motifs is 7. The van der Waals surface area contributed by atoms with Crippen molar-refractivity contribution in [1.82, 2.24) is 0 Å². The van der Waals surface area contributed by atoms with Gasteiger partial charge in [-0.05, 0) is 108 Å². The summed E-state index contributed by atoms with van der Waals surface area (Å²) in [6.07, 6.45) is -4.46. The van der Waals surface area contributed by atoms with E-state index in [1.807, 2.05) is 20.8 Å². The largest absolute Gasteiger partial charge is 0.465 e. The fourth-order valence-corrected chi connectivity index (χ4v) is 16.3.